The first kappa shape index (κ1) is 17.2. The molecule has 1 atom stereocenters. The minimum atomic E-state index is 0. The van der Waals surface area contributed by atoms with E-state index >= 15 is 0 Å². The molecule has 0 bridgehead atoms. The fraction of sp³-hybridized carbons (Fsp3) is 1.00. The van der Waals surface area contributed by atoms with E-state index in [0.717, 1.165) is 32.2 Å². The number of nitrogens with zero attached hydrogens (tertiary/aromatic N) is 1. The Morgan fingerprint density at radius 1 is 1.41 bits per heavy atom. The lowest BCUT2D eigenvalue weighted by molar-refractivity contribution is 0.0704. The summed E-state index contributed by atoms with van der Waals surface area (Å²) in [5, 5.41) is 0. The van der Waals surface area contributed by atoms with Gasteiger partial charge in [-0.1, -0.05) is 13.8 Å². The molecular formula is C13H29ClN2O. The van der Waals surface area contributed by atoms with Crippen LogP contribution in [0.3, 0.4) is 0 Å². The molecule has 3 nitrogen and oxygen atoms in total. The van der Waals surface area contributed by atoms with Gasteiger partial charge in [0.25, 0.3) is 0 Å². The molecule has 1 aliphatic heterocycles. The lowest BCUT2D eigenvalue weighted by atomic mass is 9.95. The van der Waals surface area contributed by atoms with Gasteiger partial charge in [-0.2, -0.15) is 0 Å². The third kappa shape index (κ3) is 7.98. The maximum Gasteiger partial charge on any atom is 0.0593 e. The van der Waals surface area contributed by atoms with E-state index < -0.39 is 0 Å². The summed E-state index contributed by atoms with van der Waals surface area (Å²) >= 11 is 0. The first-order valence-electron chi connectivity index (χ1n) is 6.72. The minimum Gasteiger partial charge on any atom is -0.380 e. The Hall–Kier alpha value is 0.170. The lowest BCUT2D eigenvalue weighted by Gasteiger charge is -2.32. The van der Waals surface area contributed by atoms with Crippen LogP contribution in [0.15, 0.2) is 0 Å². The number of likely N-dealkylation sites (tertiary alicyclic amines) is 1. The second-order valence-electron chi connectivity index (χ2n) is 5.35. The van der Waals surface area contributed by atoms with Crippen molar-refractivity contribution in [2.24, 2.45) is 17.6 Å². The van der Waals surface area contributed by atoms with Gasteiger partial charge in [-0.15, -0.1) is 12.4 Å². The minimum absolute atomic E-state index is 0. The van der Waals surface area contributed by atoms with E-state index in [1.165, 1.54) is 32.4 Å². The van der Waals surface area contributed by atoms with Crippen LogP contribution in [0.5, 0.6) is 0 Å². The zero-order valence-corrected chi connectivity index (χ0v) is 12.2. The van der Waals surface area contributed by atoms with Gasteiger partial charge in [0.15, 0.2) is 0 Å². The lowest BCUT2D eigenvalue weighted by Crippen LogP contribution is -2.38. The molecule has 1 unspecified atom stereocenters. The van der Waals surface area contributed by atoms with Crippen LogP contribution < -0.4 is 5.73 Å². The first-order chi connectivity index (χ1) is 7.72. The number of piperidine rings is 1. The average molecular weight is 265 g/mol. The Labute approximate surface area is 112 Å². The highest BCUT2D eigenvalue weighted by molar-refractivity contribution is 5.85. The molecule has 0 saturated carbocycles. The maximum absolute atomic E-state index is 5.63. The van der Waals surface area contributed by atoms with Crippen molar-refractivity contribution in [1.82, 2.24) is 4.90 Å². The monoisotopic (exact) mass is 264 g/mol. The van der Waals surface area contributed by atoms with Crippen LogP contribution in [0.25, 0.3) is 0 Å². The standard InChI is InChI=1S/C13H28N2O.ClH/c1-12(2)11-16-9-8-15-7-3-4-13(10-15)5-6-14;/h12-13H,3-11,14H2,1-2H3;1H. The van der Waals surface area contributed by atoms with Crippen molar-refractivity contribution in [3.8, 4) is 0 Å². The SMILES string of the molecule is CC(C)COCCN1CCCC(CCN)C1.Cl. The smallest absolute Gasteiger partial charge is 0.0593 e. The van der Waals surface area contributed by atoms with Gasteiger partial charge in [0.2, 0.25) is 0 Å². The predicted octanol–water partition coefficient (Wildman–Crippen LogP) is 2.14. The summed E-state index contributed by atoms with van der Waals surface area (Å²) in [6, 6.07) is 0. The summed E-state index contributed by atoms with van der Waals surface area (Å²) in [5.41, 5.74) is 5.62. The van der Waals surface area contributed by atoms with Crippen LogP contribution in [0.1, 0.15) is 33.1 Å². The summed E-state index contributed by atoms with van der Waals surface area (Å²) in [6.45, 7) is 10.6. The van der Waals surface area contributed by atoms with E-state index in [9.17, 15) is 0 Å². The number of hydrogen-bond acceptors (Lipinski definition) is 3. The second-order valence-corrected chi connectivity index (χ2v) is 5.35. The molecule has 4 heteroatoms. The second kappa shape index (κ2) is 10.1. The van der Waals surface area contributed by atoms with E-state index in [1.807, 2.05) is 0 Å². The van der Waals surface area contributed by atoms with Crippen LogP contribution in [-0.4, -0.2) is 44.3 Å². The summed E-state index contributed by atoms with van der Waals surface area (Å²) in [4.78, 5) is 2.53. The molecular weight excluding hydrogens is 236 g/mol. The van der Waals surface area contributed by atoms with Crippen LogP contribution >= 0.6 is 12.4 Å². The number of hydrogen-bond donors (Lipinski definition) is 1. The Morgan fingerprint density at radius 3 is 2.82 bits per heavy atom. The van der Waals surface area contributed by atoms with Gasteiger partial charge in [-0.25, -0.2) is 0 Å². The van der Waals surface area contributed by atoms with Gasteiger partial charge < -0.3 is 15.4 Å². The largest absolute Gasteiger partial charge is 0.380 e. The van der Waals surface area contributed by atoms with Gasteiger partial charge in [-0.3, -0.25) is 0 Å². The molecule has 1 saturated heterocycles. The topological polar surface area (TPSA) is 38.5 Å². The molecule has 17 heavy (non-hydrogen) atoms. The van der Waals surface area contributed by atoms with Crippen LogP contribution in [0.4, 0.5) is 0 Å². The molecule has 1 rings (SSSR count). The highest BCUT2D eigenvalue weighted by Crippen LogP contribution is 2.18. The van der Waals surface area contributed by atoms with Crippen LogP contribution in [-0.2, 0) is 4.74 Å². The highest BCUT2D eigenvalue weighted by Gasteiger charge is 2.18. The van der Waals surface area contributed by atoms with Crippen molar-refractivity contribution in [3.63, 3.8) is 0 Å². The zero-order valence-electron chi connectivity index (χ0n) is 11.4. The van der Waals surface area contributed by atoms with Crippen molar-refractivity contribution in [2.75, 3.05) is 39.4 Å². The summed E-state index contributed by atoms with van der Waals surface area (Å²) in [6.07, 6.45) is 3.87. The molecule has 0 aliphatic carbocycles. The highest BCUT2D eigenvalue weighted by atomic mass is 35.5. The fourth-order valence-electron chi connectivity index (χ4n) is 2.34. The van der Waals surface area contributed by atoms with E-state index in [-0.39, 0.29) is 12.4 Å². The van der Waals surface area contributed by atoms with E-state index in [1.54, 1.807) is 0 Å². The van der Waals surface area contributed by atoms with Gasteiger partial charge in [0, 0.05) is 19.7 Å². The molecule has 1 aliphatic rings. The molecule has 104 valence electrons. The predicted molar refractivity (Wildman–Crippen MR) is 75.7 cm³/mol. The van der Waals surface area contributed by atoms with E-state index in [2.05, 4.69) is 18.7 Å². The third-order valence-corrected chi connectivity index (χ3v) is 3.18. The molecule has 0 aromatic rings. The number of rotatable bonds is 7. The van der Waals surface area contributed by atoms with E-state index in [4.69, 9.17) is 10.5 Å². The summed E-state index contributed by atoms with van der Waals surface area (Å²) in [7, 11) is 0. The Kier molecular flexibility index (Phi) is 10.2. The molecule has 0 radical (unpaired) electrons. The molecule has 1 heterocycles. The molecule has 1 fully saturated rings. The summed E-state index contributed by atoms with van der Waals surface area (Å²) in [5.74, 6) is 1.47. The van der Waals surface area contributed by atoms with Gasteiger partial charge >= 0.3 is 0 Å². The van der Waals surface area contributed by atoms with Gasteiger partial charge in [-0.05, 0) is 44.2 Å². The number of ether oxygens (including phenoxy) is 1. The van der Waals surface area contributed by atoms with Crippen LogP contribution in [0, 0.1) is 11.8 Å². The molecule has 0 aromatic heterocycles. The fourth-order valence-corrected chi connectivity index (χ4v) is 2.34. The van der Waals surface area contributed by atoms with Crippen LogP contribution in [0.2, 0.25) is 0 Å². The Bertz CT molecular complexity index is 177. The summed E-state index contributed by atoms with van der Waals surface area (Å²) < 4.78 is 5.63. The zero-order chi connectivity index (χ0) is 11.8. The normalized spacial score (nSPS) is 21.5. The van der Waals surface area contributed by atoms with Crippen molar-refractivity contribution < 1.29 is 4.74 Å². The van der Waals surface area contributed by atoms with Crippen molar-refractivity contribution in [3.05, 3.63) is 0 Å². The molecule has 0 amide bonds. The molecule has 0 spiro atoms. The third-order valence-electron chi connectivity index (χ3n) is 3.18. The molecule has 2 N–H and O–H groups in total. The average Bonchev–Trinajstić information content (AvgIpc) is 2.25. The Morgan fingerprint density at radius 2 is 2.18 bits per heavy atom. The number of nitrogens with two attached hydrogens (primary N) is 1. The molecule has 0 aromatic carbocycles. The first-order valence-corrected chi connectivity index (χ1v) is 6.72. The number of halogens is 1. The maximum atomic E-state index is 5.63. The quantitative estimate of drug-likeness (QED) is 0.716. The van der Waals surface area contributed by atoms with Gasteiger partial charge in [0.05, 0.1) is 6.61 Å². The van der Waals surface area contributed by atoms with Crippen molar-refractivity contribution >= 4 is 12.4 Å². The van der Waals surface area contributed by atoms with E-state index in [0.29, 0.717) is 5.92 Å². The van der Waals surface area contributed by atoms with Crippen molar-refractivity contribution in [2.45, 2.75) is 33.1 Å². The Balaban J connectivity index is 0.00000256. The van der Waals surface area contributed by atoms with Crippen molar-refractivity contribution in [1.29, 1.82) is 0 Å². The van der Waals surface area contributed by atoms with Gasteiger partial charge in [0.1, 0.15) is 0 Å².